The Balaban J connectivity index is 1.67. The average Bonchev–Trinajstić information content (AvgIpc) is 2.57. The summed E-state index contributed by atoms with van der Waals surface area (Å²) in [6.07, 6.45) is 0. The van der Waals surface area contributed by atoms with E-state index in [-0.39, 0.29) is 12.5 Å². The number of carbonyl (C=O) groups excluding carboxylic acids is 1. The summed E-state index contributed by atoms with van der Waals surface area (Å²) < 4.78 is 16.1. The Morgan fingerprint density at radius 2 is 1.87 bits per heavy atom. The fourth-order valence-corrected chi connectivity index (χ4v) is 2.03. The number of nitrogens with one attached hydrogen (secondary N) is 1. The van der Waals surface area contributed by atoms with E-state index in [2.05, 4.69) is 5.32 Å². The quantitative estimate of drug-likeness (QED) is 0.754. The molecule has 2 aromatic rings. The van der Waals surface area contributed by atoms with Gasteiger partial charge < -0.3 is 19.5 Å². The van der Waals surface area contributed by atoms with Crippen LogP contribution in [0.5, 0.6) is 17.2 Å². The van der Waals surface area contributed by atoms with Crippen LogP contribution in [0, 0.1) is 0 Å². The van der Waals surface area contributed by atoms with Crippen molar-refractivity contribution in [3.63, 3.8) is 0 Å². The topological polar surface area (TPSA) is 56.8 Å². The average molecular weight is 336 g/mol. The summed E-state index contributed by atoms with van der Waals surface area (Å²) in [6.45, 7) is 0.633. The Labute approximate surface area is 140 Å². The molecule has 0 aliphatic carbocycles. The van der Waals surface area contributed by atoms with Crippen molar-refractivity contribution in [2.75, 3.05) is 26.9 Å². The van der Waals surface area contributed by atoms with Crippen molar-refractivity contribution in [3.8, 4) is 17.2 Å². The summed E-state index contributed by atoms with van der Waals surface area (Å²) in [7, 11) is 1.58. The smallest absolute Gasteiger partial charge is 0.258 e. The SMILES string of the molecule is COc1ccccc1OCCNC(=O)COc1cccc(Cl)c1. The second-order valence-electron chi connectivity index (χ2n) is 4.60. The number of amides is 1. The van der Waals surface area contributed by atoms with E-state index in [1.54, 1.807) is 31.4 Å². The zero-order valence-electron chi connectivity index (χ0n) is 12.8. The predicted molar refractivity (Wildman–Crippen MR) is 88.4 cm³/mol. The molecule has 0 saturated carbocycles. The van der Waals surface area contributed by atoms with Crippen LogP contribution in [0.15, 0.2) is 48.5 Å². The summed E-state index contributed by atoms with van der Waals surface area (Å²) in [4.78, 5) is 11.7. The maximum absolute atomic E-state index is 11.7. The molecule has 0 heterocycles. The minimum Gasteiger partial charge on any atom is -0.493 e. The molecule has 122 valence electrons. The van der Waals surface area contributed by atoms with Crippen molar-refractivity contribution in [1.29, 1.82) is 0 Å². The van der Waals surface area contributed by atoms with E-state index in [1.165, 1.54) is 0 Å². The van der Waals surface area contributed by atoms with Crippen LogP contribution in [0.2, 0.25) is 5.02 Å². The lowest BCUT2D eigenvalue weighted by Gasteiger charge is -2.11. The fourth-order valence-electron chi connectivity index (χ4n) is 1.85. The van der Waals surface area contributed by atoms with Gasteiger partial charge in [-0.2, -0.15) is 0 Å². The Kier molecular flexibility index (Phi) is 6.56. The minimum absolute atomic E-state index is 0.0744. The zero-order chi connectivity index (χ0) is 16.5. The molecule has 0 radical (unpaired) electrons. The van der Waals surface area contributed by atoms with E-state index in [1.807, 2.05) is 24.3 Å². The van der Waals surface area contributed by atoms with Gasteiger partial charge in [-0.05, 0) is 30.3 Å². The first kappa shape index (κ1) is 17.0. The number of hydrogen-bond donors (Lipinski definition) is 1. The number of methoxy groups -OCH3 is 1. The van der Waals surface area contributed by atoms with Gasteiger partial charge in [0.2, 0.25) is 0 Å². The largest absolute Gasteiger partial charge is 0.493 e. The first-order valence-electron chi connectivity index (χ1n) is 7.10. The molecule has 5 nitrogen and oxygen atoms in total. The minimum atomic E-state index is -0.228. The standard InChI is InChI=1S/C17H18ClNO4/c1-21-15-7-2-3-8-16(15)22-10-9-19-17(20)12-23-14-6-4-5-13(18)11-14/h2-8,11H,9-10,12H2,1H3,(H,19,20). The summed E-state index contributed by atoms with van der Waals surface area (Å²) in [5.41, 5.74) is 0. The molecule has 2 rings (SSSR count). The van der Waals surface area contributed by atoms with Crippen LogP contribution in [0.1, 0.15) is 0 Å². The highest BCUT2D eigenvalue weighted by Crippen LogP contribution is 2.25. The highest BCUT2D eigenvalue weighted by Gasteiger charge is 2.05. The van der Waals surface area contributed by atoms with Crippen LogP contribution in [0.4, 0.5) is 0 Å². The van der Waals surface area contributed by atoms with Gasteiger partial charge in [0.05, 0.1) is 13.7 Å². The maximum Gasteiger partial charge on any atom is 0.258 e. The normalized spacial score (nSPS) is 10.0. The highest BCUT2D eigenvalue weighted by molar-refractivity contribution is 6.30. The molecule has 0 bridgehead atoms. The second-order valence-corrected chi connectivity index (χ2v) is 5.03. The Morgan fingerprint density at radius 3 is 2.61 bits per heavy atom. The van der Waals surface area contributed by atoms with Crippen LogP contribution in [0.3, 0.4) is 0 Å². The molecule has 0 aromatic heterocycles. The van der Waals surface area contributed by atoms with Gasteiger partial charge in [0, 0.05) is 5.02 Å². The molecule has 23 heavy (non-hydrogen) atoms. The Bertz CT molecular complexity index is 648. The molecule has 1 N–H and O–H groups in total. The van der Waals surface area contributed by atoms with E-state index < -0.39 is 0 Å². The molecular weight excluding hydrogens is 318 g/mol. The van der Waals surface area contributed by atoms with Crippen molar-refractivity contribution in [1.82, 2.24) is 5.32 Å². The van der Waals surface area contributed by atoms with Crippen LogP contribution in [-0.2, 0) is 4.79 Å². The lowest BCUT2D eigenvalue weighted by atomic mass is 10.3. The van der Waals surface area contributed by atoms with E-state index >= 15 is 0 Å². The van der Waals surface area contributed by atoms with Crippen molar-refractivity contribution in [2.24, 2.45) is 0 Å². The molecule has 2 aromatic carbocycles. The number of rotatable bonds is 8. The Morgan fingerprint density at radius 1 is 1.09 bits per heavy atom. The van der Waals surface area contributed by atoms with Crippen LogP contribution in [-0.4, -0.2) is 32.8 Å². The van der Waals surface area contributed by atoms with Crippen molar-refractivity contribution >= 4 is 17.5 Å². The predicted octanol–water partition coefficient (Wildman–Crippen LogP) is 2.92. The number of hydrogen-bond acceptors (Lipinski definition) is 4. The van der Waals surface area contributed by atoms with E-state index in [0.717, 1.165) is 0 Å². The number of benzene rings is 2. The third-order valence-corrected chi connectivity index (χ3v) is 3.15. The monoisotopic (exact) mass is 335 g/mol. The molecule has 0 atom stereocenters. The number of carbonyl (C=O) groups is 1. The molecule has 0 fully saturated rings. The van der Waals surface area contributed by atoms with Gasteiger partial charge in [0.25, 0.3) is 5.91 Å². The van der Waals surface area contributed by atoms with Crippen LogP contribution >= 0.6 is 11.6 Å². The molecule has 0 aliphatic heterocycles. The third-order valence-electron chi connectivity index (χ3n) is 2.92. The molecule has 0 unspecified atom stereocenters. The lowest BCUT2D eigenvalue weighted by Crippen LogP contribution is -2.32. The molecule has 0 saturated heterocycles. The first-order valence-corrected chi connectivity index (χ1v) is 7.47. The zero-order valence-corrected chi connectivity index (χ0v) is 13.5. The molecule has 0 aliphatic rings. The molecule has 6 heteroatoms. The van der Waals surface area contributed by atoms with Gasteiger partial charge in [-0.3, -0.25) is 4.79 Å². The number of ether oxygens (including phenoxy) is 3. The summed E-state index contributed by atoms with van der Waals surface area (Å²) in [6, 6.07) is 14.2. The molecular formula is C17H18ClNO4. The fraction of sp³-hybridized carbons (Fsp3) is 0.235. The van der Waals surface area contributed by atoms with Gasteiger partial charge in [-0.1, -0.05) is 29.8 Å². The van der Waals surface area contributed by atoms with Gasteiger partial charge in [0.15, 0.2) is 18.1 Å². The van der Waals surface area contributed by atoms with Crippen LogP contribution < -0.4 is 19.5 Å². The van der Waals surface area contributed by atoms with Crippen LogP contribution in [0.25, 0.3) is 0 Å². The highest BCUT2D eigenvalue weighted by atomic mass is 35.5. The lowest BCUT2D eigenvalue weighted by molar-refractivity contribution is -0.123. The van der Waals surface area contributed by atoms with Gasteiger partial charge in [0.1, 0.15) is 12.4 Å². The van der Waals surface area contributed by atoms with E-state index in [9.17, 15) is 4.79 Å². The van der Waals surface area contributed by atoms with Gasteiger partial charge in [-0.25, -0.2) is 0 Å². The second kappa shape index (κ2) is 8.90. The van der Waals surface area contributed by atoms with E-state index in [0.29, 0.717) is 35.4 Å². The summed E-state index contributed by atoms with van der Waals surface area (Å²) in [5.74, 6) is 1.62. The third kappa shape index (κ3) is 5.71. The molecule has 1 amide bonds. The summed E-state index contributed by atoms with van der Waals surface area (Å²) in [5, 5.41) is 3.28. The van der Waals surface area contributed by atoms with E-state index in [4.69, 9.17) is 25.8 Å². The van der Waals surface area contributed by atoms with Crippen molar-refractivity contribution in [3.05, 3.63) is 53.6 Å². The number of para-hydroxylation sites is 2. The number of halogens is 1. The summed E-state index contributed by atoms with van der Waals surface area (Å²) >= 11 is 5.84. The van der Waals surface area contributed by atoms with Crippen molar-refractivity contribution < 1.29 is 19.0 Å². The molecule has 0 spiro atoms. The Hall–Kier alpha value is -2.40. The first-order chi connectivity index (χ1) is 11.2. The maximum atomic E-state index is 11.7. The van der Waals surface area contributed by atoms with Gasteiger partial charge in [-0.15, -0.1) is 0 Å². The van der Waals surface area contributed by atoms with Crippen molar-refractivity contribution in [2.45, 2.75) is 0 Å². The van der Waals surface area contributed by atoms with Gasteiger partial charge >= 0.3 is 0 Å².